The van der Waals surface area contributed by atoms with Crippen LogP contribution in [-0.4, -0.2) is 78.4 Å². The summed E-state index contributed by atoms with van der Waals surface area (Å²) < 4.78 is 10.9. The van der Waals surface area contributed by atoms with Gasteiger partial charge in [-0.05, 0) is 56.2 Å². The van der Waals surface area contributed by atoms with Crippen LogP contribution in [0.4, 0.5) is 10.5 Å². The maximum atomic E-state index is 13.0. The molecule has 0 radical (unpaired) electrons. The second-order valence-electron chi connectivity index (χ2n) is 12.6. The lowest BCUT2D eigenvalue weighted by Gasteiger charge is -2.24. The van der Waals surface area contributed by atoms with E-state index in [0.717, 1.165) is 11.3 Å². The quantitative estimate of drug-likeness (QED) is 0.176. The molecular formula is C33H51N5O8. The van der Waals surface area contributed by atoms with Crippen LogP contribution in [0.25, 0.3) is 0 Å². The normalized spacial score (nSPS) is 16.6. The lowest BCUT2D eigenvalue weighted by atomic mass is 10.0. The van der Waals surface area contributed by atoms with Gasteiger partial charge in [0.2, 0.25) is 29.5 Å². The Bertz CT molecular complexity index is 1200. The number of carbonyl (C=O) groups is 6. The van der Waals surface area contributed by atoms with Crippen molar-refractivity contribution in [2.75, 3.05) is 25.0 Å². The molecule has 1 heterocycles. The smallest absolute Gasteiger partial charge is 0.407 e. The molecule has 1 aliphatic heterocycles. The zero-order chi connectivity index (χ0) is 34.4. The molecule has 4 atom stereocenters. The van der Waals surface area contributed by atoms with E-state index in [1.165, 1.54) is 0 Å². The van der Waals surface area contributed by atoms with E-state index in [4.69, 9.17) is 9.47 Å². The van der Waals surface area contributed by atoms with Crippen molar-refractivity contribution in [3.8, 4) is 0 Å². The maximum absolute atomic E-state index is 13.0. The van der Waals surface area contributed by atoms with Gasteiger partial charge in [-0.25, -0.2) is 4.79 Å². The summed E-state index contributed by atoms with van der Waals surface area (Å²) in [6.45, 7) is 13.9. The Labute approximate surface area is 271 Å². The van der Waals surface area contributed by atoms with Crippen LogP contribution in [0, 0.1) is 17.8 Å². The lowest BCUT2D eigenvalue weighted by molar-refractivity contribution is -0.139. The number of carbonyl (C=O) groups excluding carboxylic acids is 6. The SMILES string of the molecule is CC(C)CCOC(C)CCC(=O)NC(C(=O)NC(C)C(=O)Nc1ccc(COC(=O)NCCN2C(=O)CC(C)C2=O)cc1)C(C)C. The van der Waals surface area contributed by atoms with Gasteiger partial charge in [-0.3, -0.25) is 28.9 Å². The number of anilines is 1. The van der Waals surface area contributed by atoms with Gasteiger partial charge in [0.1, 0.15) is 18.7 Å². The molecule has 0 aromatic heterocycles. The molecule has 256 valence electrons. The fourth-order valence-corrected chi connectivity index (χ4v) is 4.56. The molecule has 1 aromatic carbocycles. The molecule has 1 fully saturated rings. The predicted octanol–water partition coefficient (Wildman–Crippen LogP) is 3.12. The zero-order valence-electron chi connectivity index (χ0n) is 28.1. The van der Waals surface area contributed by atoms with E-state index in [0.29, 0.717) is 30.2 Å². The van der Waals surface area contributed by atoms with Gasteiger partial charge in [0.25, 0.3) is 0 Å². The molecule has 0 aliphatic carbocycles. The van der Waals surface area contributed by atoms with Crippen molar-refractivity contribution < 1.29 is 38.2 Å². The number of benzene rings is 1. The average molecular weight is 646 g/mol. The molecule has 1 aliphatic rings. The third kappa shape index (κ3) is 13.2. The molecule has 0 saturated carbocycles. The number of rotatable bonds is 18. The first kappa shape index (κ1) is 38.2. The number of likely N-dealkylation sites (tertiary alicyclic amines) is 1. The summed E-state index contributed by atoms with van der Waals surface area (Å²) in [5, 5.41) is 10.7. The minimum atomic E-state index is -0.874. The van der Waals surface area contributed by atoms with E-state index >= 15 is 0 Å². The van der Waals surface area contributed by atoms with Gasteiger partial charge in [-0.15, -0.1) is 0 Å². The van der Waals surface area contributed by atoms with Crippen LogP contribution in [0.15, 0.2) is 24.3 Å². The number of hydrogen-bond acceptors (Lipinski definition) is 8. The van der Waals surface area contributed by atoms with Crippen molar-refractivity contribution in [1.29, 1.82) is 0 Å². The van der Waals surface area contributed by atoms with E-state index in [9.17, 15) is 28.8 Å². The van der Waals surface area contributed by atoms with E-state index in [1.807, 2.05) is 20.8 Å². The summed E-state index contributed by atoms with van der Waals surface area (Å²) in [6.07, 6.45) is 1.14. The summed E-state index contributed by atoms with van der Waals surface area (Å²) in [5.74, 6) is -1.63. The fourth-order valence-electron chi connectivity index (χ4n) is 4.56. The topological polar surface area (TPSA) is 172 Å². The molecule has 2 rings (SSSR count). The first-order chi connectivity index (χ1) is 21.7. The van der Waals surface area contributed by atoms with Crippen LogP contribution in [0.3, 0.4) is 0 Å². The Morgan fingerprint density at radius 3 is 2.20 bits per heavy atom. The molecule has 13 heteroatoms. The van der Waals surface area contributed by atoms with Gasteiger partial charge < -0.3 is 30.7 Å². The van der Waals surface area contributed by atoms with Crippen molar-refractivity contribution in [2.45, 2.75) is 98.9 Å². The molecule has 4 N–H and O–H groups in total. The number of imide groups is 1. The Hall–Kier alpha value is -4.00. The van der Waals surface area contributed by atoms with Crippen LogP contribution in [0.1, 0.15) is 79.7 Å². The molecule has 46 heavy (non-hydrogen) atoms. The van der Waals surface area contributed by atoms with E-state index in [-0.39, 0.29) is 68.2 Å². The average Bonchev–Trinajstić information content (AvgIpc) is 3.23. The summed E-state index contributed by atoms with van der Waals surface area (Å²) >= 11 is 0. The number of alkyl carbamates (subject to hydrolysis) is 1. The Morgan fingerprint density at radius 1 is 0.935 bits per heavy atom. The molecular weight excluding hydrogens is 594 g/mol. The Kier molecular flexibility index (Phi) is 15.6. The second kappa shape index (κ2) is 18.8. The highest BCUT2D eigenvalue weighted by Crippen LogP contribution is 2.18. The van der Waals surface area contributed by atoms with Crippen LogP contribution >= 0.6 is 0 Å². The zero-order valence-corrected chi connectivity index (χ0v) is 28.1. The van der Waals surface area contributed by atoms with Crippen molar-refractivity contribution >= 4 is 41.3 Å². The summed E-state index contributed by atoms with van der Waals surface area (Å²) in [5.41, 5.74) is 1.15. The summed E-state index contributed by atoms with van der Waals surface area (Å²) in [7, 11) is 0. The van der Waals surface area contributed by atoms with Crippen LogP contribution in [-0.2, 0) is 40.1 Å². The first-order valence-corrected chi connectivity index (χ1v) is 16.0. The largest absolute Gasteiger partial charge is 0.445 e. The molecule has 1 aromatic rings. The predicted molar refractivity (Wildman–Crippen MR) is 172 cm³/mol. The Morgan fingerprint density at radius 2 is 1.61 bits per heavy atom. The van der Waals surface area contributed by atoms with Crippen LogP contribution < -0.4 is 21.3 Å². The molecule has 0 bridgehead atoms. The highest BCUT2D eigenvalue weighted by molar-refractivity contribution is 6.03. The maximum Gasteiger partial charge on any atom is 0.407 e. The van der Waals surface area contributed by atoms with Gasteiger partial charge in [-0.1, -0.05) is 46.8 Å². The standard InChI is InChI=1S/C33H51N5O8/c1-20(2)14-17-45-23(6)8-13-27(39)37-29(21(3)4)31(42)35-24(7)30(41)36-26-11-9-25(10-12-26)19-46-33(44)34-15-16-38-28(40)18-22(5)32(38)43/h9-12,20-24,29H,8,13-19H2,1-7H3,(H,34,44)(H,35,42)(H,36,41)(H,37,39). The summed E-state index contributed by atoms with van der Waals surface area (Å²) in [6, 6.07) is 4.95. The van der Waals surface area contributed by atoms with Crippen molar-refractivity contribution in [2.24, 2.45) is 17.8 Å². The highest BCUT2D eigenvalue weighted by atomic mass is 16.5. The molecule has 0 spiro atoms. The van der Waals surface area contributed by atoms with Crippen molar-refractivity contribution in [3.05, 3.63) is 29.8 Å². The summed E-state index contributed by atoms with van der Waals surface area (Å²) in [4.78, 5) is 75.2. The van der Waals surface area contributed by atoms with E-state index in [1.54, 1.807) is 38.1 Å². The third-order valence-corrected chi connectivity index (χ3v) is 7.56. The second-order valence-corrected chi connectivity index (χ2v) is 12.6. The van der Waals surface area contributed by atoms with Crippen LogP contribution in [0.2, 0.25) is 0 Å². The fraction of sp³-hybridized carbons (Fsp3) is 0.636. The number of ether oxygens (including phenoxy) is 2. The number of amides is 6. The first-order valence-electron chi connectivity index (χ1n) is 16.0. The van der Waals surface area contributed by atoms with Crippen molar-refractivity contribution in [3.63, 3.8) is 0 Å². The minimum Gasteiger partial charge on any atom is -0.445 e. The van der Waals surface area contributed by atoms with Gasteiger partial charge in [0.15, 0.2) is 0 Å². The monoisotopic (exact) mass is 645 g/mol. The lowest BCUT2D eigenvalue weighted by Crippen LogP contribution is -2.53. The molecule has 6 amide bonds. The van der Waals surface area contributed by atoms with E-state index < -0.39 is 30.0 Å². The van der Waals surface area contributed by atoms with Gasteiger partial charge in [-0.2, -0.15) is 0 Å². The van der Waals surface area contributed by atoms with E-state index in [2.05, 4.69) is 35.1 Å². The number of nitrogens with one attached hydrogen (secondary N) is 4. The Balaban J connectivity index is 1.74. The van der Waals surface area contributed by atoms with Crippen molar-refractivity contribution in [1.82, 2.24) is 20.9 Å². The van der Waals surface area contributed by atoms with Gasteiger partial charge >= 0.3 is 6.09 Å². The molecule has 4 unspecified atom stereocenters. The number of nitrogens with zero attached hydrogens (tertiary/aromatic N) is 1. The van der Waals surface area contributed by atoms with Crippen LogP contribution in [0.5, 0.6) is 0 Å². The number of hydrogen-bond donors (Lipinski definition) is 4. The highest BCUT2D eigenvalue weighted by Gasteiger charge is 2.35. The van der Waals surface area contributed by atoms with Gasteiger partial charge in [0.05, 0.1) is 6.10 Å². The minimum absolute atomic E-state index is 0.0302. The van der Waals surface area contributed by atoms with Gasteiger partial charge in [0, 0.05) is 44.1 Å². The third-order valence-electron chi connectivity index (χ3n) is 7.56. The molecule has 1 saturated heterocycles. The molecule has 13 nitrogen and oxygen atoms in total.